The zero-order chi connectivity index (χ0) is 18.6. The van der Waals surface area contributed by atoms with Crippen molar-refractivity contribution in [2.75, 3.05) is 6.61 Å². The van der Waals surface area contributed by atoms with Gasteiger partial charge in [-0.1, -0.05) is 37.0 Å². The molecule has 138 valence electrons. The summed E-state index contributed by atoms with van der Waals surface area (Å²) in [5.41, 5.74) is 1.72. The molecule has 0 radical (unpaired) electrons. The van der Waals surface area contributed by atoms with Crippen LogP contribution in [-0.2, 0) is 14.4 Å². The Hall–Kier alpha value is -1.69. The molecule has 2 fully saturated rings. The topological polar surface area (TPSA) is 76.0 Å². The van der Waals surface area contributed by atoms with E-state index in [1.807, 2.05) is 6.08 Å². The average molecular weight is 348 g/mol. The van der Waals surface area contributed by atoms with Crippen LogP contribution in [0.5, 0.6) is 0 Å². The molecule has 25 heavy (non-hydrogen) atoms. The maximum Gasteiger partial charge on any atom is 0.313 e. The molecule has 3 atom stereocenters. The van der Waals surface area contributed by atoms with Crippen LogP contribution in [0.1, 0.15) is 39.5 Å². The fourth-order valence-electron chi connectivity index (χ4n) is 3.42. The standard InChI is InChI=1S/C20H28O5/c1-13-7-9-16-15(6-5-11-20(3,4)22)12-24-19(21)18(16)14(2)8-10-17(13)25-23/h5-6,11,16-18,22-23H,1-2,7-10,12H2,3-4H3/b11-5+,15-6-/t16-,17?,18+/m1/s1. The van der Waals surface area contributed by atoms with E-state index in [-0.39, 0.29) is 24.4 Å². The van der Waals surface area contributed by atoms with Crippen LogP contribution >= 0.6 is 0 Å². The van der Waals surface area contributed by atoms with Gasteiger partial charge < -0.3 is 9.84 Å². The fourth-order valence-corrected chi connectivity index (χ4v) is 3.42. The first-order chi connectivity index (χ1) is 11.7. The molecule has 0 aromatic carbocycles. The lowest BCUT2D eigenvalue weighted by atomic mass is 9.76. The molecule has 2 rings (SSSR count). The molecule has 5 nitrogen and oxygen atoms in total. The van der Waals surface area contributed by atoms with E-state index in [0.29, 0.717) is 25.7 Å². The first kappa shape index (κ1) is 19.6. The van der Waals surface area contributed by atoms with Gasteiger partial charge in [0.2, 0.25) is 0 Å². The SMILES string of the molecule is C=C1CC[C@@H]2/C(=C\C=C\C(C)(C)O)COC(=O)[C@H]2C(=C)CCC1OO. The highest BCUT2D eigenvalue weighted by Gasteiger charge is 2.39. The second kappa shape index (κ2) is 8.13. The Morgan fingerprint density at radius 2 is 1.92 bits per heavy atom. The van der Waals surface area contributed by atoms with Crippen LogP contribution in [0.4, 0.5) is 0 Å². The Morgan fingerprint density at radius 3 is 2.56 bits per heavy atom. The molecule has 1 aliphatic carbocycles. The number of hydrogen-bond donors (Lipinski definition) is 2. The van der Waals surface area contributed by atoms with Gasteiger partial charge in [0.1, 0.15) is 12.7 Å². The van der Waals surface area contributed by atoms with Gasteiger partial charge in [-0.05, 0) is 50.7 Å². The van der Waals surface area contributed by atoms with E-state index in [1.165, 1.54) is 0 Å². The number of cyclic esters (lactones) is 1. The zero-order valence-electron chi connectivity index (χ0n) is 15.0. The number of carbonyl (C=O) groups is 1. The molecular formula is C20H28O5. The van der Waals surface area contributed by atoms with Crippen molar-refractivity contribution in [3.8, 4) is 0 Å². The van der Waals surface area contributed by atoms with Crippen LogP contribution < -0.4 is 0 Å². The lowest BCUT2D eigenvalue weighted by Crippen LogP contribution is -2.35. The molecule has 1 saturated heterocycles. The molecule has 1 heterocycles. The highest BCUT2D eigenvalue weighted by Crippen LogP contribution is 2.40. The summed E-state index contributed by atoms with van der Waals surface area (Å²) in [6.45, 7) is 11.7. The highest BCUT2D eigenvalue weighted by atomic mass is 17.1. The van der Waals surface area contributed by atoms with E-state index in [2.05, 4.69) is 18.0 Å². The normalized spacial score (nSPS) is 30.6. The maximum atomic E-state index is 12.4. The Balaban J connectivity index is 2.29. The van der Waals surface area contributed by atoms with Gasteiger partial charge in [0.25, 0.3) is 0 Å². The molecule has 1 saturated carbocycles. The van der Waals surface area contributed by atoms with Gasteiger partial charge in [0.05, 0.1) is 11.5 Å². The second-order valence-corrected chi connectivity index (χ2v) is 7.43. The van der Waals surface area contributed by atoms with E-state index in [0.717, 1.165) is 16.7 Å². The van der Waals surface area contributed by atoms with E-state index in [9.17, 15) is 9.90 Å². The van der Waals surface area contributed by atoms with Crippen molar-refractivity contribution in [2.24, 2.45) is 11.8 Å². The Labute approximate surface area is 149 Å². The largest absolute Gasteiger partial charge is 0.461 e. The smallest absolute Gasteiger partial charge is 0.313 e. The van der Waals surface area contributed by atoms with Gasteiger partial charge in [0.15, 0.2) is 0 Å². The summed E-state index contributed by atoms with van der Waals surface area (Å²) < 4.78 is 5.36. The van der Waals surface area contributed by atoms with Gasteiger partial charge in [0, 0.05) is 5.92 Å². The van der Waals surface area contributed by atoms with Crippen molar-refractivity contribution in [3.05, 3.63) is 48.1 Å². The fraction of sp³-hybridized carbons (Fsp3) is 0.550. The summed E-state index contributed by atoms with van der Waals surface area (Å²) in [6, 6.07) is 0. The van der Waals surface area contributed by atoms with Crippen LogP contribution in [0.15, 0.2) is 48.1 Å². The quantitative estimate of drug-likeness (QED) is 0.353. The van der Waals surface area contributed by atoms with E-state index in [1.54, 1.807) is 26.0 Å². The first-order valence-corrected chi connectivity index (χ1v) is 8.66. The molecule has 0 amide bonds. The molecule has 2 aliphatic rings. The van der Waals surface area contributed by atoms with E-state index in [4.69, 9.17) is 9.99 Å². The molecular weight excluding hydrogens is 320 g/mol. The Morgan fingerprint density at radius 1 is 1.24 bits per heavy atom. The van der Waals surface area contributed by atoms with Crippen molar-refractivity contribution < 1.29 is 24.8 Å². The van der Waals surface area contributed by atoms with E-state index < -0.39 is 11.7 Å². The van der Waals surface area contributed by atoms with Gasteiger partial charge >= 0.3 is 5.97 Å². The third-order valence-corrected chi connectivity index (χ3v) is 4.85. The maximum absolute atomic E-state index is 12.4. The van der Waals surface area contributed by atoms with Gasteiger partial charge in [-0.15, -0.1) is 0 Å². The predicted octanol–water partition coefficient (Wildman–Crippen LogP) is 3.57. The number of carbonyl (C=O) groups excluding carboxylic acids is 1. The van der Waals surface area contributed by atoms with Crippen molar-refractivity contribution in [1.82, 2.24) is 0 Å². The van der Waals surface area contributed by atoms with Crippen molar-refractivity contribution in [1.29, 1.82) is 0 Å². The van der Waals surface area contributed by atoms with Crippen LogP contribution in [0.3, 0.4) is 0 Å². The monoisotopic (exact) mass is 348 g/mol. The summed E-state index contributed by atoms with van der Waals surface area (Å²) in [5.74, 6) is -0.650. The highest BCUT2D eigenvalue weighted by molar-refractivity contribution is 5.78. The van der Waals surface area contributed by atoms with Crippen LogP contribution in [0.2, 0.25) is 0 Å². The van der Waals surface area contributed by atoms with Gasteiger partial charge in [-0.2, -0.15) is 0 Å². The van der Waals surface area contributed by atoms with Crippen molar-refractivity contribution >= 4 is 5.97 Å². The Kier molecular flexibility index (Phi) is 6.38. The van der Waals surface area contributed by atoms with Crippen LogP contribution in [0, 0.1) is 11.8 Å². The van der Waals surface area contributed by atoms with Gasteiger partial charge in [-0.25, -0.2) is 4.89 Å². The number of ether oxygens (including phenoxy) is 1. The minimum absolute atomic E-state index is 0.0191. The number of allylic oxidation sites excluding steroid dienone is 2. The summed E-state index contributed by atoms with van der Waals surface area (Å²) in [4.78, 5) is 16.9. The predicted molar refractivity (Wildman–Crippen MR) is 95.7 cm³/mol. The van der Waals surface area contributed by atoms with Crippen LogP contribution in [0.25, 0.3) is 0 Å². The third-order valence-electron chi connectivity index (χ3n) is 4.85. The number of fused-ring (bicyclic) bond motifs is 1. The molecule has 0 aromatic rings. The molecule has 1 unspecified atom stereocenters. The minimum atomic E-state index is -0.899. The molecule has 0 bridgehead atoms. The second-order valence-electron chi connectivity index (χ2n) is 7.43. The molecule has 1 aliphatic heterocycles. The number of aliphatic hydroxyl groups is 1. The van der Waals surface area contributed by atoms with Crippen molar-refractivity contribution in [3.63, 3.8) is 0 Å². The first-order valence-electron chi connectivity index (χ1n) is 8.66. The Bertz CT molecular complexity index is 594. The lowest BCUT2D eigenvalue weighted by molar-refractivity contribution is -0.269. The van der Waals surface area contributed by atoms with Crippen molar-refractivity contribution in [2.45, 2.75) is 51.2 Å². The summed E-state index contributed by atoms with van der Waals surface area (Å²) in [6.07, 6.45) is 7.44. The molecule has 5 heteroatoms. The summed E-state index contributed by atoms with van der Waals surface area (Å²) in [7, 11) is 0. The lowest BCUT2D eigenvalue weighted by Gasteiger charge is -2.33. The molecule has 2 N–H and O–H groups in total. The third kappa shape index (κ3) is 5.14. The van der Waals surface area contributed by atoms with Crippen LogP contribution in [-0.4, -0.2) is 34.6 Å². The number of hydrogen-bond acceptors (Lipinski definition) is 5. The summed E-state index contributed by atoms with van der Waals surface area (Å²) >= 11 is 0. The van der Waals surface area contributed by atoms with E-state index >= 15 is 0 Å². The number of esters is 1. The molecule has 0 spiro atoms. The van der Waals surface area contributed by atoms with Gasteiger partial charge in [-0.3, -0.25) is 10.1 Å². The minimum Gasteiger partial charge on any atom is -0.461 e. The number of rotatable bonds is 3. The zero-order valence-corrected chi connectivity index (χ0v) is 15.0. The molecule has 0 aromatic heterocycles. The average Bonchev–Trinajstić information content (AvgIpc) is 2.58. The summed E-state index contributed by atoms with van der Waals surface area (Å²) in [5, 5.41) is 18.9.